The van der Waals surface area contributed by atoms with Crippen molar-refractivity contribution in [2.75, 3.05) is 12.8 Å². The number of methoxy groups -OCH3 is 1. The second-order valence-electron chi connectivity index (χ2n) is 4.69. The van der Waals surface area contributed by atoms with Crippen LogP contribution in [0.3, 0.4) is 0 Å². The van der Waals surface area contributed by atoms with Crippen molar-refractivity contribution < 1.29 is 4.74 Å². The summed E-state index contributed by atoms with van der Waals surface area (Å²) in [7, 11) is 1.64. The van der Waals surface area contributed by atoms with Crippen LogP contribution in [0.25, 0.3) is 16.9 Å². The van der Waals surface area contributed by atoms with Crippen LogP contribution in [0.5, 0.6) is 5.75 Å². The molecule has 0 radical (unpaired) electrons. The van der Waals surface area contributed by atoms with Gasteiger partial charge in [0.1, 0.15) is 11.3 Å². The van der Waals surface area contributed by atoms with E-state index in [4.69, 9.17) is 10.5 Å². The molecule has 0 bridgehead atoms. The summed E-state index contributed by atoms with van der Waals surface area (Å²) < 4.78 is 10.2. The van der Waals surface area contributed by atoms with Crippen LogP contribution in [0.1, 0.15) is 12.6 Å². The van der Waals surface area contributed by atoms with Crippen LogP contribution < -0.4 is 10.5 Å². The second kappa shape index (κ2) is 5.07. The number of aryl methyl sites for hydroxylation is 2. The summed E-state index contributed by atoms with van der Waals surface area (Å²) in [5, 5.41) is 4.50. The normalized spacial score (nSPS) is 11.2. The first-order valence-corrected chi connectivity index (χ1v) is 7.41. The van der Waals surface area contributed by atoms with Gasteiger partial charge in [-0.25, -0.2) is 9.67 Å². The van der Waals surface area contributed by atoms with Gasteiger partial charge in [0.25, 0.3) is 0 Å². The zero-order valence-electron chi connectivity index (χ0n) is 12.1. The predicted octanol–water partition coefficient (Wildman–Crippen LogP) is 2.90. The fourth-order valence-corrected chi connectivity index (χ4v) is 2.83. The summed E-state index contributed by atoms with van der Waals surface area (Å²) in [4.78, 5) is 4.45. The van der Waals surface area contributed by atoms with Crippen molar-refractivity contribution in [3.8, 4) is 11.4 Å². The van der Waals surface area contributed by atoms with Gasteiger partial charge in [-0.3, -0.25) is 4.57 Å². The second-order valence-corrected chi connectivity index (χ2v) is 5.61. The molecule has 0 amide bonds. The minimum Gasteiger partial charge on any atom is -0.495 e. The zero-order valence-corrected chi connectivity index (χ0v) is 13.7. The highest BCUT2D eigenvalue weighted by molar-refractivity contribution is 9.10. The minimum atomic E-state index is 0.420. The summed E-state index contributed by atoms with van der Waals surface area (Å²) in [6, 6.07) is 5.78. The number of benzene rings is 1. The highest BCUT2D eigenvalue weighted by atomic mass is 79.9. The molecular formula is C14H16BrN5O. The van der Waals surface area contributed by atoms with Crippen LogP contribution >= 0.6 is 15.9 Å². The number of halogens is 1. The van der Waals surface area contributed by atoms with E-state index in [1.165, 1.54) is 0 Å². The first kappa shape index (κ1) is 13.9. The molecule has 2 aromatic heterocycles. The van der Waals surface area contributed by atoms with Crippen LogP contribution in [-0.2, 0) is 6.54 Å². The van der Waals surface area contributed by atoms with Crippen LogP contribution in [0.4, 0.5) is 5.95 Å². The van der Waals surface area contributed by atoms with E-state index in [1.54, 1.807) is 7.11 Å². The summed E-state index contributed by atoms with van der Waals surface area (Å²) in [6.45, 7) is 4.72. The number of nitrogens with zero attached hydrogens (tertiary/aromatic N) is 4. The van der Waals surface area contributed by atoms with Gasteiger partial charge in [0.2, 0.25) is 5.95 Å². The summed E-state index contributed by atoms with van der Waals surface area (Å²) in [6.07, 6.45) is 0. The van der Waals surface area contributed by atoms with Gasteiger partial charge in [-0.1, -0.05) is 15.9 Å². The number of rotatable bonds is 3. The lowest BCUT2D eigenvalue weighted by atomic mass is 10.3. The molecule has 7 heteroatoms. The standard InChI is InChI=1S/C14H16BrN5O/c1-4-19-13-12(8(2)18-19)17-14(16)20(13)10-7-9(15)5-6-11(10)21-3/h5-7H,4H2,1-3H3,(H2,16,17). The maximum absolute atomic E-state index is 6.14. The molecule has 0 saturated carbocycles. The minimum absolute atomic E-state index is 0.420. The van der Waals surface area contributed by atoms with Gasteiger partial charge in [-0.05, 0) is 32.0 Å². The molecule has 0 aliphatic heterocycles. The number of anilines is 1. The molecule has 0 unspecified atom stereocenters. The molecule has 0 aliphatic carbocycles. The van der Waals surface area contributed by atoms with Crippen molar-refractivity contribution in [1.29, 1.82) is 0 Å². The zero-order chi connectivity index (χ0) is 15.1. The largest absolute Gasteiger partial charge is 0.495 e. The number of hydrogen-bond donors (Lipinski definition) is 1. The number of ether oxygens (including phenoxy) is 1. The fraction of sp³-hybridized carbons (Fsp3) is 0.286. The third-order valence-corrected chi connectivity index (χ3v) is 3.91. The fourth-order valence-electron chi connectivity index (χ4n) is 2.48. The Balaban J connectivity index is 2.39. The van der Waals surface area contributed by atoms with Crippen LogP contribution in [0.2, 0.25) is 0 Å². The molecule has 110 valence electrons. The smallest absolute Gasteiger partial charge is 0.207 e. The summed E-state index contributed by atoms with van der Waals surface area (Å²) >= 11 is 3.49. The molecular weight excluding hydrogens is 334 g/mol. The van der Waals surface area contributed by atoms with E-state index in [9.17, 15) is 0 Å². The van der Waals surface area contributed by atoms with Gasteiger partial charge in [-0.2, -0.15) is 5.10 Å². The molecule has 0 atom stereocenters. The molecule has 1 aromatic carbocycles. The van der Waals surface area contributed by atoms with Crippen LogP contribution in [0, 0.1) is 6.92 Å². The van der Waals surface area contributed by atoms with Crippen LogP contribution in [0.15, 0.2) is 22.7 Å². The number of nitrogens with two attached hydrogens (primary N) is 1. The van der Waals surface area contributed by atoms with Gasteiger partial charge < -0.3 is 10.5 Å². The topological polar surface area (TPSA) is 70.9 Å². The van der Waals surface area contributed by atoms with E-state index in [0.29, 0.717) is 5.95 Å². The van der Waals surface area contributed by atoms with Crippen molar-refractivity contribution in [3.63, 3.8) is 0 Å². The van der Waals surface area contributed by atoms with E-state index in [-0.39, 0.29) is 0 Å². The molecule has 0 spiro atoms. The third-order valence-electron chi connectivity index (χ3n) is 3.42. The van der Waals surface area contributed by atoms with E-state index in [0.717, 1.165) is 39.3 Å². The predicted molar refractivity (Wildman–Crippen MR) is 85.9 cm³/mol. The molecule has 21 heavy (non-hydrogen) atoms. The number of hydrogen-bond acceptors (Lipinski definition) is 4. The number of imidazole rings is 1. The Morgan fingerprint density at radius 1 is 1.38 bits per heavy atom. The molecule has 2 N–H and O–H groups in total. The molecule has 6 nitrogen and oxygen atoms in total. The Labute approximate surface area is 130 Å². The van der Waals surface area contributed by atoms with Crippen molar-refractivity contribution in [3.05, 3.63) is 28.4 Å². The van der Waals surface area contributed by atoms with Crippen molar-refractivity contribution in [2.45, 2.75) is 20.4 Å². The lowest BCUT2D eigenvalue weighted by molar-refractivity contribution is 0.413. The van der Waals surface area contributed by atoms with Crippen LogP contribution in [-0.4, -0.2) is 26.4 Å². The molecule has 0 saturated heterocycles. The molecule has 0 aliphatic rings. The first-order chi connectivity index (χ1) is 10.1. The number of fused-ring (bicyclic) bond motifs is 1. The van der Waals surface area contributed by atoms with Gasteiger partial charge in [0, 0.05) is 11.0 Å². The Kier molecular flexibility index (Phi) is 3.36. The summed E-state index contributed by atoms with van der Waals surface area (Å²) in [5.74, 6) is 1.15. The number of aromatic nitrogens is 4. The lowest BCUT2D eigenvalue weighted by Gasteiger charge is -2.12. The van der Waals surface area contributed by atoms with E-state index < -0.39 is 0 Å². The van der Waals surface area contributed by atoms with E-state index in [1.807, 2.05) is 41.3 Å². The molecule has 3 rings (SSSR count). The Bertz CT molecular complexity index is 820. The monoisotopic (exact) mass is 349 g/mol. The maximum Gasteiger partial charge on any atom is 0.207 e. The average Bonchev–Trinajstić information content (AvgIpc) is 2.95. The van der Waals surface area contributed by atoms with E-state index >= 15 is 0 Å². The molecule has 0 fully saturated rings. The maximum atomic E-state index is 6.14. The SMILES string of the molecule is CCn1nc(C)c2nc(N)n(-c3cc(Br)ccc3OC)c21. The lowest BCUT2D eigenvalue weighted by Crippen LogP contribution is -2.07. The highest BCUT2D eigenvalue weighted by Gasteiger charge is 2.20. The van der Waals surface area contributed by atoms with E-state index in [2.05, 4.69) is 26.0 Å². The Hall–Kier alpha value is -2.02. The van der Waals surface area contributed by atoms with Crippen molar-refractivity contribution in [2.24, 2.45) is 0 Å². The molecule has 2 heterocycles. The van der Waals surface area contributed by atoms with Gasteiger partial charge in [0.05, 0.1) is 18.5 Å². The Morgan fingerprint density at radius 3 is 2.81 bits per heavy atom. The van der Waals surface area contributed by atoms with Crippen molar-refractivity contribution in [1.82, 2.24) is 19.3 Å². The number of nitrogen functional groups attached to an aromatic ring is 1. The summed E-state index contributed by atoms with van der Waals surface area (Å²) in [5.41, 5.74) is 9.53. The third kappa shape index (κ3) is 2.08. The first-order valence-electron chi connectivity index (χ1n) is 6.62. The highest BCUT2D eigenvalue weighted by Crippen LogP contribution is 2.32. The quantitative estimate of drug-likeness (QED) is 0.789. The van der Waals surface area contributed by atoms with Crippen molar-refractivity contribution >= 4 is 33.0 Å². The molecule has 3 aromatic rings. The Morgan fingerprint density at radius 2 is 2.14 bits per heavy atom. The van der Waals surface area contributed by atoms with Gasteiger partial charge in [0.15, 0.2) is 5.65 Å². The van der Waals surface area contributed by atoms with Gasteiger partial charge >= 0.3 is 0 Å². The van der Waals surface area contributed by atoms with Gasteiger partial charge in [-0.15, -0.1) is 0 Å². The average molecular weight is 350 g/mol.